The minimum Gasteiger partial charge on any atom is -0.365 e. The van der Waals surface area contributed by atoms with E-state index < -0.39 is 24.7 Å². The molecule has 1 rings (SSSR count). The summed E-state index contributed by atoms with van der Waals surface area (Å²) in [5.41, 5.74) is 3.20. The molecule has 0 aliphatic rings. The molecule has 0 aliphatic heterocycles. The van der Waals surface area contributed by atoms with Crippen molar-refractivity contribution in [2.45, 2.75) is 263 Å². The predicted molar refractivity (Wildman–Crippen MR) is 374 cm³/mol. The molecule has 0 aromatic heterocycles. The van der Waals surface area contributed by atoms with Gasteiger partial charge in [0.15, 0.2) is 0 Å². The molecule has 0 saturated carbocycles. The van der Waals surface area contributed by atoms with E-state index in [1.807, 2.05) is 0 Å². The van der Waals surface area contributed by atoms with Gasteiger partial charge in [-0.1, -0.05) is 245 Å². The van der Waals surface area contributed by atoms with E-state index in [0.29, 0.717) is 0 Å². The molecule has 0 fully saturated rings. The zero-order chi connectivity index (χ0) is 59.9. The Hall–Kier alpha value is -1.14. The average Bonchev–Trinajstić information content (AvgIpc) is 3.35. The third kappa shape index (κ3) is 45.1. The summed E-state index contributed by atoms with van der Waals surface area (Å²) in [5.74, 6) is 2.61. The van der Waals surface area contributed by atoms with Crippen molar-refractivity contribution in [1.82, 2.24) is 33.3 Å². The lowest BCUT2D eigenvalue weighted by Crippen LogP contribution is -2.54. The van der Waals surface area contributed by atoms with Crippen LogP contribution in [-0.2, 0) is 6.42 Å². The highest BCUT2D eigenvalue weighted by molar-refractivity contribution is 6.79. The summed E-state index contributed by atoms with van der Waals surface area (Å²) in [7, 11) is 29.3. The quantitative estimate of drug-likeness (QED) is 0.0478. The molecule has 12 heteroatoms. The summed E-state index contributed by atoms with van der Waals surface area (Å²) in [5, 5.41) is 0. The summed E-state index contributed by atoms with van der Waals surface area (Å²) in [6.07, 6.45) is 39.0. The first-order valence-corrected chi connectivity index (χ1v) is 43.7. The highest BCUT2D eigenvalue weighted by atomic mass is 28.3. The standard InChI is InChI=1S/C22H49NSi.C16H37NSi.C12H21NSi.C8H20N2Si.C7H18N2Si/c1-6-7-8-9-10-11-12-13-14-15-16-17-18-19-20-21-22-24(4,5)23(2)3;1-8-9-10-11-12-13-14-18(15(2)3,16(4)5)17(6)7;1-13(2)14(3,4)11-10-12-8-6-5-7-9-12;1-9(2)8(10(3)4)6-5-7-11;1-8(2)7(5-6-10)9(3)4/h6-22H2,1-5H3;15-16H,8-14H2,1-7H3;5-9H,10-11H2,1-4H3;6H,5,7H2,1-4,11H3;5H,6H2,1-4,10H3. The van der Waals surface area contributed by atoms with Crippen molar-refractivity contribution < 1.29 is 0 Å². The van der Waals surface area contributed by atoms with Crippen LogP contribution in [0.5, 0.6) is 0 Å². The first-order chi connectivity index (χ1) is 36.1. The van der Waals surface area contributed by atoms with Crippen LogP contribution in [0.25, 0.3) is 0 Å². The molecule has 0 amide bonds. The molecule has 0 spiro atoms. The van der Waals surface area contributed by atoms with Gasteiger partial charge in [-0.25, -0.2) is 0 Å². The van der Waals surface area contributed by atoms with Crippen LogP contribution in [0.4, 0.5) is 0 Å². The average molecular weight is 1170 g/mol. The fraction of sp³-hybridized carbons (Fsp3) is 0.846. The van der Waals surface area contributed by atoms with Gasteiger partial charge in [-0.05, 0) is 108 Å². The molecule has 460 valence electrons. The van der Waals surface area contributed by atoms with Crippen LogP contribution < -0.4 is 0 Å². The van der Waals surface area contributed by atoms with E-state index in [9.17, 15) is 0 Å². The topological polar surface area (TPSA) is 22.7 Å². The van der Waals surface area contributed by atoms with Crippen LogP contribution in [0.1, 0.15) is 195 Å². The zero-order valence-electron chi connectivity index (χ0n) is 57.8. The molecular formula is C65H145N7Si5. The van der Waals surface area contributed by atoms with E-state index in [0.717, 1.165) is 11.1 Å². The summed E-state index contributed by atoms with van der Waals surface area (Å²) in [4.78, 5) is 8.57. The molecular weight excluding hydrogens is 1020 g/mol. The smallest absolute Gasteiger partial charge is 0.133 e. The maximum atomic E-state index is 2.62. The number of allylic oxidation sites excluding steroid dienone is 2. The highest BCUT2D eigenvalue weighted by Crippen LogP contribution is 2.39. The molecule has 1 aromatic carbocycles. The normalized spacial score (nSPS) is 11.6. The van der Waals surface area contributed by atoms with E-state index in [1.54, 1.807) is 0 Å². The Morgan fingerprint density at radius 3 is 1.00 bits per heavy atom. The predicted octanol–water partition coefficient (Wildman–Crippen LogP) is 16.5. The number of hydrogen-bond donors (Lipinski definition) is 0. The third-order valence-electron chi connectivity index (χ3n) is 16.5. The van der Waals surface area contributed by atoms with Gasteiger partial charge >= 0.3 is 0 Å². The maximum Gasteiger partial charge on any atom is 0.133 e. The second kappa shape index (κ2) is 51.7. The Morgan fingerprint density at radius 1 is 0.416 bits per heavy atom. The number of nitrogens with zero attached hydrogens (tertiary/aromatic N) is 7. The first-order valence-electron chi connectivity index (χ1n) is 32.3. The summed E-state index contributed by atoms with van der Waals surface area (Å²) >= 11 is 0. The van der Waals surface area contributed by atoms with Crippen molar-refractivity contribution in [3.8, 4) is 0 Å². The van der Waals surface area contributed by atoms with Gasteiger partial charge in [0.2, 0.25) is 0 Å². The van der Waals surface area contributed by atoms with E-state index in [2.05, 4.69) is 242 Å². The van der Waals surface area contributed by atoms with Crippen LogP contribution in [-0.4, -0.2) is 177 Å². The van der Waals surface area contributed by atoms with Crippen molar-refractivity contribution in [3.05, 3.63) is 59.7 Å². The zero-order valence-corrected chi connectivity index (χ0v) is 64.8. The summed E-state index contributed by atoms with van der Waals surface area (Å²) in [6.45, 7) is 24.2. The van der Waals surface area contributed by atoms with Crippen molar-refractivity contribution in [3.63, 3.8) is 0 Å². The molecule has 7 nitrogen and oxygen atoms in total. The van der Waals surface area contributed by atoms with Gasteiger partial charge < -0.3 is 33.3 Å². The second-order valence-corrected chi connectivity index (χ2v) is 43.6. The van der Waals surface area contributed by atoms with Gasteiger partial charge in [0.25, 0.3) is 0 Å². The monoisotopic (exact) mass is 1160 g/mol. The van der Waals surface area contributed by atoms with Crippen molar-refractivity contribution >= 4 is 45.2 Å². The molecule has 77 heavy (non-hydrogen) atoms. The van der Waals surface area contributed by atoms with E-state index in [1.165, 1.54) is 222 Å². The van der Waals surface area contributed by atoms with Gasteiger partial charge in [-0.15, -0.1) is 0 Å². The van der Waals surface area contributed by atoms with Gasteiger partial charge in [0.1, 0.15) is 24.7 Å². The Balaban J connectivity index is -0.000000449. The number of unbranched alkanes of at least 4 members (excludes halogenated alkanes) is 20. The molecule has 0 saturated heterocycles. The Labute approximate surface area is 497 Å². The molecule has 0 N–H and O–H groups in total. The van der Waals surface area contributed by atoms with Crippen molar-refractivity contribution in [2.75, 3.05) is 98.7 Å². The SMILES string of the molecule is CCCCCCCCCCCCCCCCCC[Si](C)(C)N(C)C.CCCCCCCC[Si](C(C)C)(C(C)C)N(C)C.CN(C)C(=CCC[SiH3])N(C)C.CN(C)C(=CC[SiH3])N(C)C.CN(C)[Si](C)(C)CCc1ccccc1. The first kappa shape index (κ1) is 82.3. The number of hydrogen-bond acceptors (Lipinski definition) is 7. The Morgan fingerprint density at radius 2 is 0.727 bits per heavy atom. The largest absolute Gasteiger partial charge is 0.365 e. The van der Waals surface area contributed by atoms with Crippen LogP contribution >= 0.6 is 0 Å². The molecule has 0 radical (unpaired) electrons. The van der Waals surface area contributed by atoms with Crippen LogP contribution in [0.3, 0.4) is 0 Å². The van der Waals surface area contributed by atoms with Gasteiger partial charge in [-0.2, -0.15) is 0 Å². The molecule has 0 aliphatic carbocycles. The number of aryl methyl sites for hydroxylation is 1. The number of rotatable bonds is 39. The lowest BCUT2D eigenvalue weighted by molar-refractivity contribution is 0.340. The molecule has 0 unspecified atom stereocenters. The molecule has 0 heterocycles. The summed E-state index contributed by atoms with van der Waals surface area (Å²) in [6, 6.07) is 17.7. The molecule has 0 bridgehead atoms. The highest BCUT2D eigenvalue weighted by Gasteiger charge is 2.41. The fourth-order valence-electron chi connectivity index (χ4n) is 10.3. The van der Waals surface area contributed by atoms with Crippen LogP contribution in [0, 0.1) is 0 Å². The minimum atomic E-state index is -1.26. The van der Waals surface area contributed by atoms with Gasteiger partial charge in [0, 0.05) is 76.9 Å². The minimum absolute atomic E-state index is 0.864. The second-order valence-electron chi connectivity index (χ2n) is 26.1. The third-order valence-corrected chi connectivity index (χ3v) is 32.2. The maximum absolute atomic E-state index is 2.62. The van der Waals surface area contributed by atoms with Crippen molar-refractivity contribution in [2.24, 2.45) is 0 Å². The Kier molecular flexibility index (Phi) is 55.3. The lowest BCUT2D eigenvalue weighted by Gasteiger charge is -2.45. The summed E-state index contributed by atoms with van der Waals surface area (Å²) < 4.78 is 7.54. The van der Waals surface area contributed by atoms with E-state index in [-0.39, 0.29) is 0 Å². The van der Waals surface area contributed by atoms with Gasteiger partial charge in [-0.3, -0.25) is 0 Å². The lowest BCUT2D eigenvalue weighted by atomic mass is 10.0. The van der Waals surface area contributed by atoms with Crippen LogP contribution in [0.15, 0.2) is 54.1 Å². The van der Waals surface area contributed by atoms with Crippen molar-refractivity contribution in [1.29, 1.82) is 0 Å². The fourth-order valence-corrected chi connectivity index (χ4v) is 19.7. The molecule has 1 aromatic rings. The number of benzene rings is 1. The van der Waals surface area contributed by atoms with Crippen LogP contribution in [0.2, 0.25) is 67.5 Å². The van der Waals surface area contributed by atoms with E-state index >= 15 is 0 Å². The Bertz CT molecular complexity index is 1420. The van der Waals surface area contributed by atoms with E-state index in [4.69, 9.17) is 0 Å². The molecule has 0 atom stereocenters. The van der Waals surface area contributed by atoms with Gasteiger partial charge in [0.05, 0.1) is 11.6 Å².